The van der Waals surface area contributed by atoms with E-state index in [9.17, 15) is 5.21 Å². The molecule has 0 fully saturated rings. The van der Waals surface area contributed by atoms with Crippen molar-refractivity contribution in [3.05, 3.63) is 16.0 Å². The van der Waals surface area contributed by atoms with E-state index in [-0.39, 0.29) is 12.0 Å². The zero-order valence-corrected chi connectivity index (χ0v) is 8.26. The Hall–Kier alpha value is -0.250. The molecule has 0 bridgehead atoms. The van der Waals surface area contributed by atoms with Crippen molar-refractivity contribution < 1.29 is 4.74 Å². The average molecular weight is 191 g/mol. The van der Waals surface area contributed by atoms with Gasteiger partial charge in [-0.1, -0.05) is 18.5 Å². The SMILES string of the molecule is COC1=C(Cl)C(C)N([O-])CC1C. The van der Waals surface area contributed by atoms with Gasteiger partial charge in [0.2, 0.25) is 0 Å². The molecule has 0 N–H and O–H groups in total. The first-order valence-electron chi connectivity index (χ1n) is 3.95. The lowest BCUT2D eigenvalue weighted by Crippen LogP contribution is -2.38. The zero-order valence-electron chi connectivity index (χ0n) is 7.50. The molecule has 1 aliphatic heterocycles. The monoisotopic (exact) mass is 190 g/mol. The van der Waals surface area contributed by atoms with Crippen LogP contribution in [0, 0.1) is 11.1 Å². The number of methoxy groups -OCH3 is 1. The van der Waals surface area contributed by atoms with Gasteiger partial charge in [0.1, 0.15) is 5.76 Å². The van der Waals surface area contributed by atoms with Gasteiger partial charge in [0, 0.05) is 12.0 Å². The third kappa shape index (κ3) is 1.58. The summed E-state index contributed by atoms with van der Waals surface area (Å²) >= 11 is 5.94. The van der Waals surface area contributed by atoms with Crippen LogP contribution in [0.1, 0.15) is 13.8 Å². The highest BCUT2D eigenvalue weighted by Crippen LogP contribution is 2.30. The number of ether oxygens (including phenoxy) is 1. The quantitative estimate of drug-likeness (QED) is 0.634. The average Bonchev–Trinajstić information content (AvgIpc) is 2.01. The normalized spacial score (nSPS) is 32.4. The summed E-state index contributed by atoms with van der Waals surface area (Å²) in [6, 6.07) is -0.266. The van der Waals surface area contributed by atoms with Gasteiger partial charge in [0.25, 0.3) is 0 Å². The topological polar surface area (TPSA) is 35.5 Å². The Morgan fingerprint density at radius 2 is 2.17 bits per heavy atom. The van der Waals surface area contributed by atoms with Crippen LogP contribution in [0.2, 0.25) is 0 Å². The molecule has 70 valence electrons. The van der Waals surface area contributed by atoms with Gasteiger partial charge in [0.15, 0.2) is 0 Å². The van der Waals surface area contributed by atoms with Crippen LogP contribution >= 0.6 is 11.6 Å². The summed E-state index contributed by atoms with van der Waals surface area (Å²) < 4.78 is 5.12. The molecule has 0 aliphatic carbocycles. The summed E-state index contributed by atoms with van der Waals surface area (Å²) in [6.07, 6.45) is 0. The molecule has 4 heteroatoms. The predicted octanol–water partition coefficient (Wildman–Crippen LogP) is 1.92. The van der Waals surface area contributed by atoms with E-state index in [1.54, 1.807) is 14.0 Å². The summed E-state index contributed by atoms with van der Waals surface area (Å²) in [5.74, 6) is 0.840. The predicted molar refractivity (Wildman–Crippen MR) is 48.6 cm³/mol. The van der Waals surface area contributed by atoms with Crippen molar-refractivity contribution in [2.45, 2.75) is 19.9 Å². The van der Waals surface area contributed by atoms with Gasteiger partial charge in [-0.2, -0.15) is 0 Å². The summed E-state index contributed by atoms with van der Waals surface area (Å²) in [7, 11) is 1.58. The number of hydroxylamine groups is 2. The Morgan fingerprint density at radius 3 is 2.67 bits per heavy atom. The second kappa shape index (κ2) is 3.64. The minimum atomic E-state index is -0.266. The van der Waals surface area contributed by atoms with Gasteiger partial charge < -0.3 is 15.0 Å². The smallest absolute Gasteiger partial charge is 0.116 e. The first-order chi connectivity index (χ1) is 5.57. The Bertz CT molecular complexity index is 205. The Labute approximate surface area is 77.5 Å². The van der Waals surface area contributed by atoms with Gasteiger partial charge >= 0.3 is 0 Å². The van der Waals surface area contributed by atoms with Crippen LogP contribution in [0.25, 0.3) is 0 Å². The molecule has 2 atom stereocenters. The molecular weight excluding hydrogens is 178 g/mol. The van der Waals surface area contributed by atoms with Crippen LogP contribution < -0.4 is 0 Å². The van der Waals surface area contributed by atoms with Crippen molar-refractivity contribution >= 4 is 11.6 Å². The van der Waals surface area contributed by atoms with E-state index >= 15 is 0 Å². The van der Waals surface area contributed by atoms with Crippen molar-refractivity contribution in [2.24, 2.45) is 5.92 Å². The first-order valence-corrected chi connectivity index (χ1v) is 4.33. The summed E-state index contributed by atoms with van der Waals surface area (Å²) in [5, 5.41) is 12.7. The number of nitrogens with zero attached hydrogens (tertiary/aromatic N) is 1. The molecule has 12 heavy (non-hydrogen) atoms. The third-order valence-electron chi connectivity index (χ3n) is 2.16. The molecule has 0 amide bonds. The number of rotatable bonds is 1. The minimum absolute atomic E-state index is 0.0937. The van der Waals surface area contributed by atoms with Crippen molar-refractivity contribution in [1.82, 2.24) is 5.06 Å². The molecule has 0 spiro atoms. The highest BCUT2D eigenvalue weighted by Gasteiger charge is 2.25. The molecule has 3 nitrogen and oxygen atoms in total. The largest absolute Gasteiger partial charge is 0.785 e. The Kier molecular flexibility index (Phi) is 2.99. The molecule has 0 saturated heterocycles. The number of hydrogen-bond acceptors (Lipinski definition) is 3. The van der Waals surface area contributed by atoms with Crippen molar-refractivity contribution in [2.75, 3.05) is 13.7 Å². The first kappa shape index (κ1) is 9.84. The maximum Gasteiger partial charge on any atom is 0.116 e. The van der Waals surface area contributed by atoms with Crippen molar-refractivity contribution in [1.29, 1.82) is 0 Å². The van der Waals surface area contributed by atoms with Gasteiger partial charge in [-0.15, -0.1) is 0 Å². The number of halogens is 1. The van der Waals surface area contributed by atoms with E-state index in [1.807, 2.05) is 6.92 Å². The summed E-state index contributed by atoms with van der Waals surface area (Å²) in [5.41, 5.74) is 0. The lowest BCUT2D eigenvalue weighted by Gasteiger charge is -2.41. The van der Waals surface area contributed by atoms with E-state index in [0.717, 1.165) is 10.8 Å². The van der Waals surface area contributed by atoms with Crippen LogP contribution in [0.15, 0.2) is 10.8 Å². The standard InChI is InChI=1S/C8H13ClNO2/c1-5-4-10(11)6(2)7(9)8(5)12-3/h5-6H,4H2,1-3H3/q-1. The molecule has 1 heterocycles. The summed E-state index contributed by atoms with van der Waals surface area (Å²) in [6.45, 7) is 4.17. The van der Waals surface area contributed by atoms with Crippen LogP contribution in [0.5, 0.6) is 0 Å². The lowest BCUT2D eigenvalue weighted by atomic mass is 10.0. The molecule has 0 aromatic rings. The maximum absolute atomic E-state index is 11.2. The Morgan fingerprint density at radius 1 is 1.58 bits per heavy atom. The number of hydrogen-bond donors (Lipinski definition) is 0. The zero-order chi connectivity index (χ0) is 9.30. The van der Waals surface area contributed by atoms with Crippen molar-refractivity contribution in [3.8, 4) is 0 Å². The highest BCUT2D eigenvalue weighted by molar-refractivity contribution is 6.30. The molecular formula is C8H13ClNO2-. The molecule has 0 saturated carbocycles. The lowest BCUT2D eigenvalue weighted by molar-refractivity contribution is 0.180. The van der Waals surface area contributed by atoms with Crippen LogP contribution in [0.3, 0.4) is 0 Å². The van der Waals surface area contributed by atoms with Crippen molar-refractivity contribution in [3.63, 3.8) is 0 Å². The van der Waals surface area contributed by atoms with E-state index < -0.39 is 0 Å². The second-order valence-electron chi connectivity index (χ2n) is 3.09. The molecule has 1 rings (SSSR count). The van der Waals surface area contributed by atoms with Gasteiger partial charge in [-0.3, -0.25) is 0 Å². The van der Waals surface area contributed by atoms with E-state index in [4.69, 9.17) is 16.3 Å². The molecule has 0 radical (unpaired) electrons. The van der Waals surface area contributed by atoms with Gasteiger partial charge in [-0.25, -0.2) is 0 Å². The van der Waals surface area contributed by atoms with E-state index in [1.165, 1.54) is 0 Å². The van der Waals surface area contributed by atoms with Gasteiger partial charge in [-0.05, 0) is 13.5 Å². The molecule has 0 aromatic carbocycles. The van der Waals surface area contributed by atoms with Gasteiger partial charge in [0.05, 0.1) is 12.1 Å². The van der Waals surface area contributed by atoms with E-state index in [2.05, 4.69) is 0 Å². The Balaban J connectivity index is 2.91. The van der Waals surface area contributed by atoms with Crippen LogP contribution in [0.4, 0.5) is 0 Å². The molecule has 1 aliphatic rings. The van der Waals surface area contributed by atoms with E-state index in [0.29, 0.717) is 11.6 Å². The highest BCUT2D eigenvalue weighted by atomic mass is 35.5. The van der Waals surface area contributed by atoms with Crippen LogP contribution in [-0.4, -0.2) is 24.8 Å². The maximum atomic E-state index is 11.2. The fourth-order valence-electron chi connectivity index (χ4n) is 1.38. The van der Waals surface area contributed by atoms with Crippen LogP contribution in [-0.2, 0) is 4.74 Å². The summed E-state index contributed by atoms with van der Waals surface area (Å²) in [4.78, 5) is 0. The molecule has 0 aromatic heterocycles. The minimum Gasteiger partial charge on any atom is -0.785 e. The fraction of sp³-hybridized carbons (Fsp3) is 0.750. The fourth-order valence-corrected chi connectivity index (χ4v) is 1.75. The second-order valence-corrected chi connectivity index (χ2v) is 3.50. The molecule has 2 unspecified atom stereocenters. The third-order valence-corrected chi connectivity index (χ3v) is 2.66.